The van der Waals surface area contributed by atoms with Crippen LogP contribution in [0.4, 0.5) is 0 Å². The lowest BCUT2D eigenvalue weighted by atomic mass is 9.92. The van der Waals surface area contributed by atoms with Gasteiger partial charge in [-0.05, 0) is 61.2 Å². The molecule has 0 heterocycles. The third-order valence-electron chi connectivity index (χ3n) is 3.65. The zero-order chi connectivity index (χ0) is 15.7. The van der Waals surface area contributed by atoms with E-state index in [0.717, 1.165) is 38.0 Å². The molecule has 0 fully saturated rings. The molecule has 2 nitrogen and oxygen atoms in total. The molecule has 21 heavy (non-hydrogen) atoms. The Morgan fingerprint density at radius 1 is 1.14 bits per heavy atom. The molecule has 0 radical (unpaired) electrons. The molecule has 112 valence electrons. The minimum atomic E-state index is -0.284. The summed E-state index contributed by atoms with van der Waals surface area (Å²) in [4.78, 5) is 0. The number of aryl methyl sites for hydroxylation is 2. The SMILES string of the molecule is COc1c(C)cc(Br)c(C)c1C(N)c1cc(C)cc(Cl)c1. The Balaban J connectivity index is 2.64. The van der Waals surface area contributed by atoms with Gasteiger partial charge in [0.15, 0.2) is 0 Å². The van der Waals surface area contributed by atoms with E-state index in [1.165, 1.54) is 0 Å². The fourth-order valence-corrected chi connectivity index (χ4v) is 3.49. The zero-order valence-corrected chi connectivity index (χ0v) is 15.0. The molecule has 0 bridgehead atoms. The second kappa shape index (κ2) is 6.39. The Hall–Kier alpha value is -1.03. The van der Waals surface area contributed by atoms with Crippen molar-refractivity contribution in [1.82, 2.24) is 0 Å². The minimum absolute atomic E-state index is 0.284. The first-order valence-corrected chi connectivity index (χ1v) is 7.88. The van der Waals surface area contributed by atoms with E-state index in [-0.39, 0.29) is 6.04 Å². The van der Waals surface area contributed by atoms with E-state index in [1.54, 1.807) is 7.11 Å². The number of rotatable bonds is 3. The fourth-order valence-electron chi connectivity index (χ4n) is 2.63. The van der Waals surface area contributed by atoms with Crippen molar-refractivity contribution in [2.24, 2.45) is 5.73 Å². The molecule has 1 unspecified atom stereocenters. The summed E-state index contributed by atoms with van der Waals surface area (Å²) < 4.78 is 6.61. The molecule has 0 saturated carbocycles. The van der Waals surface area contributed by atoms with Gasteiger partial charge in [0.25, 0.3) is 0 Å². The summed E-state index contributed by atoms with van der Waals surface area (Å²) in [5, 5.41) is 0.698. The smallest absolute Gasteiger partial charge is 0.127 e. The first-order valence-electron chi connectivity index (χ1n) is 6.71. The van der Waals surface area contributed by atoms with Gasteiger partial charge in [-0.2, -0.15) is 0 Å². The number of nitrogens with two attached hydrogens (primary N) is 1. The van der Waals surface area contributed by atoms with E-state index >= 15 is 0 Å². The molecule has 0 aliphatic rings. The second-order valence-electron chi connectivity index (χ2n) is 5.29. The molecule has 2 N–H and O–H groups in total. The van der Waals surface area contributed by atoms with Crippen LogP contribution in [0.25, 0.3) is 0 Å². The monoisotopic (exact) mass is 367 g/mol. The molecule has 2 aromatic carbocycles. The molecule has 2 aromatic rings. The highest BCUT2D eigenvalue weighted by atomic mass is 79.9. The first-order chi connectivity index (χ1) is 9.85. The number of halogens is 2. The van der Waals surface area contributed by atoms with Crippen molar-refractivity contribution in [1.29, 1.82) is 0 Å². The van der Waals surface area contributed by atoms with Crippen LogP contribution < -0.4 is 10.5 Å². The lowest BCUT2D eigenvalue weighted by Crippen LogP contribution is -2.16. The van der Waals surface area contributed by atoms with Crippen molar-refractivity contribution >= 4 is 27.5 Å². The lowest BCUT2D eigenvalue weighted by Gasteiger charge is -2.22. The molecule has 0 amide bonds. The Morgan fingerprint density at radius 2 is 1.81 bits per heavy atom. The lowest BCUT2D eigenvalue weighted by molar-refractivity contribution is 0.404. The maximum absolute atomic E-state index is 6.51. The van der Waals surface area contributed by atoms with Gasteiger partial charge in [0.1, 0.15) is 5.75 Å². The maximum Gasteiger partial charge on any atom is 0.127 e. The standard InChI is InChI=1S/C17H19BrClNO/c1-9-5-12(8-13(19)6-9)16(20)15-11(3)14(18)7-10(2)17(15)21-4/h5-8,16H,20H2,1-4H3. The van der Waals surface area contributed by atoms with E-state index in [0.29, 0.717) is 5.02 Å². The molecule has 2 rings (SSSR count). The van der Waals surface area contributed by atoms with Crippen molar-refractivity contribution in [2.75, 3.05) is 7.11 Å². The van der Waals surface area contributed by atoms with Crippen LogP contribution in [0.2, 0.25) is 5.02 Å². The van der Waals surface area contributed by atoms with Crippen LogP contribution in [-0.2, 0) is 0 Å². The minimum Gasteiger partial charge on any atom is -0.496 e. The predicted octanol–water partition coefficient (Wildman–Crippen LogP) is 5.08. The number of hydrogen-bond acceptors (Lipinski definition) is 2. The van der Waals surface area contributed by atoms with Crippen LogP contribution in [0.15, 0.2) is 28.7 Å². The summed E-state index contributed by atoms with van der Waals surface area (Å²) in [5.74, 6) is 0.834. The van der Waals surface area contributed by atoms with Gasteiger partial charge < -0.3 is 10.5 Å². The van der Waals surface area contributed by atoms with Gasteiger partial charge in [-0.15, -0.1) is 0 Å². The fraction of sp³-hybridized carbons (Fsp3) is 0.294. The van der Waals surface area contributed by atoms with Gasteiger partial charge >= 0.3 is 0 Å². The average Bonchev–Trinajstić information content (AvgIpc) is 2.40. The second-order valence-corrected chi connectivity index (χ2v) is 6.58. The van der Waals surface area contributed by atoms with Crippen molar-refractivity contribution in [3.63, 3.8) is 0 Å². The highest BCUT2D eigenvalue weighted by Crippen LogP contribution is 2.38. The first kappa shape index (κ1) is 16.3. The third kappa shape index (κ3) is 3.25. The van der Waals surface area contributed by atoms with Crippen molar-refractivity contribution in [3.8, 4) is 5.75 Å². The quantitative estimate of drug-likeness (QED) is 0.819. The Morgan fingerprint density at radius 3 is 2.38 bits per heavy atom. The Labute approximate surface area is 139 Å². The summed E-state index contributed by atoms with van der Waals surface area (Å²) in [6.07, 6.45) is 0. The molecule has 4 heteroatoms. The van der Waals surface area contributed by atoms with Crippen LogP contribution in [-0.4, -0.2) is 7.11 Å². The number of hydrogen-bond donors (Lipinski definition) is 1. The van der Waals surface area contributed by atoms with E-state index in [4.69, 9.17) is 22.1 Å². The van der Waals surface area contributed by atoms with Gasteiger partial charge in [-0.3, -0.25) is 0 Å². The van der Waals surface area contributed by atoms with Crippen LogP contribution in [0, 0.1) is 20.8 Å². The van der Waals surface area contributed by atoms with Crippen molar-refractivity contribution in [2.45, 2.75) is 26.8 Å². The molecular formula is C17H19BrClNO. The topological polar surface area (TPSA) is 35.2 Å². The Bertz CT molecular complexity index is 665. The molecule has 0 aliphatic heterocycles. The van der Waals surface area contributed by atoms with Crippen LogP contribution in [0.1, 0.15) is 33.9 Å². The molecule has 1 atom stereocenters. The van der Waals surface area contributed by atoms with Gasteiger partial charge in [0.05, 0.1) is 13.2 Å². The van der Waals surface area contributed by atoms with E-state index < -0.39 is 0 Å². The van der Waals surface area contributed by atoms with Crippen molar-refractivity contribution < 1.29 is 4.74 Å². The summed E-state index contributed by atoms with van der Waals surface area (Å²) in [6, 6.07) is 7.66. The van der Waals surface area contributed by atoms with Crippen LogP contribution in [0.3, 0.4) is 0 Å². The summed E-state index contributed by atoms with van der Waals surface area (Å²) >= 11 is 9.75. The van der Waals surface area contributed by atoms with Gasteiger partial charge in [0, 0.05) is 15.1 Å². The predicted molar refractivity (Wildman–Crippen MR) is 92.4 cm³/mol. The molecule has 0 saturated heterocycles. The van der Waals surface area contributed by atoms with E-state index in [2.05, 4.69) is 22.0 Å². The third-order valence-corrected chi connectivity index (χ3v) is 4.69. The van der Waals surface area contributed by atoms with Crippen LogP contribution in [0.5, 0.6) is 5.75 Å². The summed E-state index contributed by atoms with van der Waals surface area (Å²) in [5.41, 5.74) is 11.7. The van der Waals surface area contributed by atoms with Gasteiger partial charge in [-0.25, -0.2) is 0 Å². The summed E-state index contributed by atoms with van der Waals surface area (Å²) in [6.45, 7) is 6.07. The van der Waals surface area contributed by atoms with Gasteiger partial charge in [-0.1, -0.05) is 33.6 Å². The van der Waals surface area contributed by atoms with Crippen LogP contribution >= 0.6 is 27.5 Å². The molecular weight excluding hydrogens is 350 g/mol. The summed E-state index contributed by atoms with van der Waals surface area (Å²) in [7, 11) is 1.68. The molecule has 0 spiro atoms. The normalized spacial score (nSPS) is 12.3. The highest BCUT2D eigenvalue weighted by Gasteiger charge is 2.21. The van der Waals surface area contributed by atoms with E-state index in [9.17, 15) is 0 Å². The highest BCUT2D eigenvalue weighted by molar-refractivity contribution is 9.10. The number of methoxy groups -OCH3 is 1. The van der Waals surface area contributed by atoms with E-state index in [1.807, 2.05) is 39.0 Å². The maximum atomic E-state index is 6.51. The molecule has 0 aliphatic carbocycles. The molecule has 0 aromatic heterocycles. The average molecular weight is 369 g/mol. The van der Waals surface area contributed by atoms with Gasteiger partial charge in [0.2, 0.25) is 0 Å². The number of ether oxygens (including phenoxy) is 1. The Kier molecular flexibility index (Phi) is 4.97. The largest absolute Gasteiger partial charge is 0.496 e. The van der Waals surface area contributed by atoms with Crippen molar-refractivity contribution in [3.05, 3.63) is 61.6 Å². The number of benzene rings is 2. The zero-order valence-electron chi connectivity index (χ0n) is 12.6.